The predicted molar refractivity (Wildman–Crippen MR) is 137 cm³/mol. The second kappa shape index (κ2) is 10.9. The molecule has 1 saturated heterocycles. The molecule has 0 aliphatic carbocycles. The van der Waals surface area contributed by atoms with Gasteiger partial charge in [0.05, 0.1) is 30.4 Å². The highest BCUT2D eigenvalue weighted by Gasteiger charge is 2.18. The molecule has 11 heteroatoms. The van der Waals surface area contributed by atoms with Crippen LogP contribution in [0, 0.1) is 0 Å². The van der Waals surface area contributed by atoms with Gasteiger partial charge in [-0.15, -0.1) is 0 Å². The number of aromatic nitrogens is 2. The molecule has 0 spiro atoms. The van der Waals surface area contributed by atoms with Crippen molar-refractivity contribution in [1.82, 2.24) is 14.9 Å². The topological polar surface area (TPSA) is 121 Å². The van der Waals surface area contributed by atoms with Crippen molar-refractivity contribution in [3.8, 4) is 5.75 Å². The van der Waals surface area contributed by atoms with Crippen LogP contribution in [0.3, 0.4) is 0 Å². The lowest BCUT2D eigenvalue weighted by molar-refractivity contribution is -0.114. The molecule has 0 radical (unpaired) electrons. The van der Waals surface area contributed by atoms with E-state index in [9.17, 15) is 9.59 Å². The second-order valence-electron chi connectivity index (χ2n) is 7.91. The fraction of sp³-hybridized carbons (Fsp3) is 0.250. The monoisotopic (exact) mass is 495 g/mol. The standard InChI is InChI=1S/C24H26ClN7O3/c1-15(33)27-18-7-3-4-8-19(18)29-22-17(25)14-26-23(31-22)30-20-10-9-16(13-21(20)35-2)28-24(34)32-11-5-6-12-32/h3-4,7-10,13-14H,5-6,11-12H2,1-2H3,(H,27,33)(H,28,34)(H2,26,29,30,31). The summed E-state index contributed by atoms with van der Waals surface area (Å²) >= 11 is 6.32. The van der Waals surface area contributed by atoms with Crippen LogP contribution in [0.2, 0.25) is 5.02 Å². The minimum atomic E-state index is -0.192. The van der Waals surface area contributed by atoms with Crippen molar-refractivity contribution in [3.63, 3.8) is 0 Å². The lowest BCUT2D eigenvalue weighted by Crippen LogP contribution is -2.32. The van der Waals surface area contributed by atoms with Gasteiger partial charge in [0.1, 0.15) is 10.8 Å². The van der Waals surface area contributed by atoms with Gasteiger partial charge in [0.15, 0.2) is 5.82 Å². The van der Waals surface area contributed by atoms with Crippen LogP contribution >= 0.6 is 11.6 Å². The number of benzene rings is 2. The van der Waals surface area contributed by atoms with Crippen LogP contribution in [0.4, 0.5) is 39.3 Å². The van der Waals surface area contributed by atoms with Gasteiger partial charge in [0, 0.05) is 31.8 Å². The van der Waals surface area contributed by atoms with Gasteiger partial charge in [-0.1, -0.05) is 23.7 Å². The molecular weight excluding hydrogens is 470 g/mol. The van der Waals surface area contributed by atoms with Crippen LogP contribution in [0.15, 0.2) is 48.7 Å². The maximum Gasteiger partial charge on any atom is 0.321 e. The van der Waals surface area contributed by atoms with E-state index in [4.69, 9.17) is 16.3 Å². The molecule has 4 N–H and O–H groups in total. The van der Waals surface area contributed by atoms with Crippen LogP contribution in [0.5, 0.6) is 5.75 Å². The molecular formula is C24H26ClN7O3. The molecule has 2 aromatic carbocycles. The third-order valence-electron chi connectivity index (χ3n) is 5.33. The first-order chi connectivity index (χ1) is 16.9. The third-order valence-corrected chi connectivity index (χ3v) is 5.60. The number of para-hydroxylation sites is 2. The van der Waals surface area contributed by atoms with Crippen molar-refractivity contribution in [1.29, 1.82) is 0 Å². The summed E-state index contributed by atoms with van der Waals surface area (Å²) in [5, 5.41) is 12.2. The summed E-state index contributed by atoms with van der Waals surface area (Å²) in [6.07, 6.45) is 3.52. The first-order valence-electron chi connectivity index (χ1n) is 11.1. The van der Waals surface area contributed by atoms with Crippen molar-refractivity contribution in [2.75, 3.05) is 41.5 Å². The number of anilines is 6. The molecule has 0 atom stereocenters. The highest BCUT2D eigenvalue weighted by Crippen LogP contribution is 2.32. The number of carbonyl (C=O) groups excluding carboxylic acids is 2. The Morgan fingerprint density at radius 1 is 1.00 bits per heavy atom. The highest BCUT2D eigenvalue weighted by atomic mass is 35.5. The maximum atomic E-state index is 12.4. The Labute approximate surface area is 208 Å². The normalized spacial score (nSPS) is 12.7. The molecule has 1 aliphatic rings. The van der Waals surface area contributed by atoms with Gasteiger partial charge in [0.2, 0.25) is 11.9 Å². The quantitative estimate of drug-likeness (QED) is 0.355. The smallest absolute Gasteiger partial charge is 0.321 e. The van der Waals surface area contributed by atoms with E-state index in [0.717, 1.165) is 25.9 Å². The molecule has 182 valence electrons. The lowest BCUT2D eigenvalue weighted by atomic mass is 10.2. The van der Waals surface area contributed by atoms with Gasteiger partial charge < -0.3 is 30.9 Å². The summed E-state index contributed by atoms with van der Waals surface area (Å²) in [5.74, 6) is 0.951. The fourth-order valence-electron chi connectivity index (χ4n) is 3.65. The number of ether oxygens (including phenoxy) is 1. The van der Waals surface area contributed by atoms with Gasteiger partial charge >= 0.3 is 6.03 Å². The summed E-state index contributed by atoms with van der Waals surface area (Å²) in [5.41, 5.74) is 2.46. The zero-order valence-electron chi connectivity index (χ0n) is 19.4. The molecule has 0 bridgehead atoms. The molecule has 3 aromatic rings. The van der Waals surface area contributed by atoms with E-state index in [1.54, 1.807) is 42.3 Å². The van der Waals surface area contributed by atoms with Crippen LogP contribution < -0.4 is 26.0 Å². The molecule has 4 rings (SSSR count). The van der Waals surface area contributed by atoms with Crippen molar-refractivity contribution in [3.05, 3.63) is 53.7 Å². The van der Waals surface area contributed by atoms with Crippen molar-refractivity contribution < 1.29 is 14.3 Å². The van der Waals surface area contributed by atoms with E-state index in [1.165, 1.54) is 13.1 Å². The van der Waals surface area contributed by atoms with Gasteiger partial charge in [-0.25, -0.2) is 9.78 Å². The van der Waals surface area contributed by atoms with E-state index in [1.807, 2.05) is 12.1 Å². The largest absolute Gasteiger partial charge is 0.494 e. The molecule has 2 heterocycles. The van der Waals surface area contributed by atoms with Crippen molar-refractivity contribution in [2.24, 2.45) is 0 Å². The Balaban J connectivity index is 1.51. The van der Waals surface area contributed by atoms with Gasteiger partial charge in [0.25, 0.3) is 0 Å². The molecule has 1 aromatic heterocycles. The number of hydrogen-bond acceptors (Lipinski definition) is 7. The van der Waals surface area contributed by atoms with E-state index in [0.29, 0.717) is 39.3 Å². The Morgan fingerprint density at radius 3 is 2.46 bits per heavy atom. The zero-order valence-corrected chi connectivity index (χ0v) is 20.1. The molecule has 10 nitrogen and oxygen atoms in total. The number of methoxy groups -OCH3 is 1. The number of amides is 3. The summed E-state index contributed by atoms with van der Waals surface area (Å²) in [4.78, 5) is 34.4. The number of halogens is 1. The summed E-state index contributed by atoms with van der Waals surface area (Å²) < 4.78 is 5.50. The summed E-state index contributed by atoms with van der Waals surface area (Å²) in [6, 6.07) is 12.4. The molecule has 0 unspecified atom stereocenters. The minimum absolute atomic E-state index is 0.124. The highest BCUT2D eigenvalue weighted by molar-refractivity contribution is 6.33. The van der Waals surface area contributed by atoms with Crippen LogP contribution in [0.25, 0.3) is 0 Å². The number of likely N-dealkylation sites (tertiary alicyclic amines) is 1. The van der Waals surface area contributed by atoms with Gasteiger partial charge in [-0.2, -0.15) is 4.98 Å². The van der Waals surface area contributed by atoms with Gasteiger partial charge in [-0.05, 0) is 37.1 Å². The zero-order chi connectivity index (χ0) is 24.8. The van der Waals surface area contributed by atoms with E-state index < -0.39 is 0 Å². The molecule has 3 amide bonds. The Kier molecular flexibility index (Phi) is 7.51. The predicted octanol–water partition coefficient (Wildman–Crippen LogP) is 5.21. The van der Waals surface area contributed by atoms with Gasteiger partial charge in [-0.3, -0.25) is 4.79 Å². The number of urea groups is 1. The van der Waals surface area contributed by atoms with Crippen molar-refractivity contribution >= 4 is 58.1 Å². The number of hydrogen-bond donors (Lipinski definition) is 4. The number of nitrogens with one attached hydrogen (secondary N) is 4. The Hall–Kier alpha value is -4.05. The number of carbonyl (C=O) groups is 2. The minimum Gasteiger partial charge on any atom is -0.494 e. The number of rotatable bonds is 7. The van der Waals surface area contributed by atoms with E-state index in [-0.39, 0.29) is 17.9 Å². The summed E-state index contributed by atoms with van der Waals surface area (Å²) in [7, 11) is 1.54. The van der Waals surface area contributed by atoms with Crippen LogP contribution in [0.1, 0.15) is 19.8 Å². The van der Waals surface area contributed by atoms with Crippen LogP contribution in [-0.4, -0.2) is 47.0 Å². The SMILES string of the molecule is COc1cc(NC(=O)N2CCCC2)ccc1Nc1ncc(Cl)c(Nc2ccccc2NC(C)=O)n1. The first kappa shape index (κ1) is 24.1. The summed E-state index contributed by atoms with van der Waals surface area (Å²) in [6.45, 7) is 2.97. The van der Waals surface area contributed by atoms with Crippen molar-refractivity contribution in [2.45, 2.75) is 19.8 Å². The molecule has 1 fully saturated rings. The molecule has 1 aliphatic heterocycles. The number of nitrogens with zero attached hydrogens (tertiary/aromatic N) is 3. The maximum absolute atomic E-state index is 12.4. The van der Waals surface area contributed by atoms with E-state index >= 15 is 0 Å². The average molecular weight is 496 g/mol. The molecule has 35 heavy (non-hydrogen) atoms. The average Bonchev–Trinajstić information content (AvgIpc) is 3.38. The first-order valence-corrected chi connectivity index (χ1v) is 11.5. The second-order valence-corrected chi connectivity index (χ2v) is 8.31. The third kappa shape index (κ3) is 6.10. The fourth-order valence-corrected chi connectivity index (χ4v) is 3.79. The molecule has 0 saturated carbocycles. The lowest BCUT2D eigenvalue weighted by Gasteiger charge is -2.17. The Morgan fingerprint density at radius 2 is 1.74 bits per heavy atom. The van der Waals surface area contributed by atoms with Crippen LogP contribution in [-0.2, 0) is 4.79 Å². The van der Waals surface area contributed by atoms with E-state index in [2.05, 4.69) is 31.2 Å². The Bertz CT molecular complexity index is 1230.